The summed E-state index contributed by atoms with van der Waals surface area (Å²) in [7, 11) is 0. The summed E-state index contributed by atoms with van der Waals surface area (Å²) in [6.45, 7) is 6.51. The van der Waals surface area contributed by atoms with Crippen LogP contribution < -0.4 is 10.6 Å². The van der Waals surface area contributed by atoms with Gasteiger partial charge in [0, 0.05) is 27.9 Å². The van der Waals surface area contributed by atoms with E-state index in [2.05, 4.69) is 10.6 Å². The van der Waals surface area contributed by atoms with E-state index in [0.29, 0.717) is 34.0 Å². The highest BCUT2D eigenvalue weighted by atomic mass is 32.1. The second-order valence-corrected chi connectivity index (χ2v) is 7.93. The summed E-state index contributed by atoms with van der Waals surface area (Å²) in [6, 6.07) is 11.5. The second kappa shape index (κ2) is 7.88. The van der Waals surface area contributed by atoms with Gasteiger partial charge in [0.1, 0.15) is 5.82 Å². The third-order valence-corrected chi connectivity index (χ3v) is 5.24. The van der Waals surface area contributed by atoms with Crippen LogP contribution in [0.4, 0.5) is 10.1 Å². The average molecular weight is 384 g/mol. The lowest BCUT2D eigenvalue weighted by Gasteiger charge is -2.11. The zero-order valence-corrected chi connectivity index (χ0v) is 16.2. The van der Waals surface area contributed by atoms with Crippen molar-refractivity contribution in [1.29, 1.82) is 0 Å². The maximum Gasteiger partial charge on any atom is 0.265 e. The van der Waals surface area contributed by atoms with E-state index in [1.54, 1.807) is 36.4 Å². The van der Waals surface area contributed by atoms with Crippen molar-refractivity contribution >= 4 is 38.9 Å². The third kappa shape index (κ3) is 4.34. The number of thiophene rings is 1. The van der Waals surface area contributed by atoms with E-state index in [1.165, 1.54) is 17.4 Å². The van der Waals surface area contributed by atoms with Crippen molar-refractivity contribution in [2.45, 2.75) is 20.8 Å². The van der Waals surface area contributed by atoms with Gasteiger partial charge in [-0.05, 0) is 54.8 Å². The lowest BCUT2D eigenvalue weighted by Crippen LogP contribution is -2.27. The molecule has 0 aliphatic carbocycles. The average Bonchev–Trinajstić information content (AvgIpc) is 3.07. The Hall–Kier alpha value is -2.73. The van der Waals surface area contributed by atoms with Crippen molar-refractivity contribution < 1.29 is 14.0 Å². The molecule has 27 heavy (non-hydrogen) atoms. The fourth-order valence-electron chi connectivity index (χ4n) is 2.67. The maximum absolute atomic E-state index is 13.8. The van der Waals surface area contributed by atoms with Gasteiger partial charge in [0.25, 0.3) is 11.8 Å². The van der Waals surface area contributed by atoms with Crippen molar-refractivity contribution in [3.8, 4) is 0 Å². The predicted octanol–water partition coefficient (Wildman–Crippen LogP) is 4.99. The minimum Gasteiger partial charge on any atom is -0.352 e. The molecule has 0 radical (unpaired) electrons. The molecule has 1 aromatic heterocycles. The van der Waals surface area contributed by atoms with E-state index < -0.39 is 0 Å². The Balaban J connectivity index is 1.75. The Kier molecular flexibility index (Phi) is 5.56. The Morgan fingerprint density at radius 3 is 2.56 bits per heavy atom. The standard InChI is InChI=1S/C21H21FN2O2S/c1-12(2)11-23-20(25)14-7-8-17(13(3)9-14)24-21(26)19-10-15-16(22)5-4-6-18(15)27-19/h4-10,12H,11H2,1-3H3,(H,23,25)(H,24,26). The number of hydrogen-bond donors (Lipinski definition) is 2. The number of carbonyl (C=O) groups excluding carboxylic acids is 2. The van der Waals surface area contributed by atoms with E-state index in [0.717, 1.165) is 10.3 Å². The summed E-state index contributed by atoms with van der Waals surface area (Å²) in [6.07, 6.45) is 0. The summed E-state index contributed by atoms with van der Waals surface area (Å²) in [4.78, 5) is 25.1. The van der Waals surface area contributed by atoms with Gasteiger partial charge in [-0.15, -0.1) is 11.3 Å². The SMILES string of the molecule is Cc1cc(C(=O)NCC(C)C)ccc1NC(=O)c1cc2c(F)cccc2s1. The van der Waals surface area contributed by atoms with E-state index in [4.69, 9.17) is 0 Å². The molecule has 0 atom stereocenters. The van der Waals surface area contributed by atoms with Crippen LogP contribution in [0, 0.1) is 18.7 Å². The zero-order valence-electron chi connectivity index (χ0n) is 15.4. The van der Waals surface area contributed by atoms with Crippen molar-refractivity contribution in [2.75, 3.05) is 11.9 Å². The molecule has 2 amide bonds. The molecule has 6 heteroatoms. The van der Waals surface area contributed by atoms with Gasteiger partial charge in [-0.3, -0.25) is 9.59 Å². The molecule has 0 unspecified atom stereocenters. The molecule has 0 saturated heterocycles. The molecule has 140 valence electrons. The summed E-state index contributed by atoms with van der Waals surface area (Å²) in [5.41, 5.74) is 1.96. The lowest BCUT2D eigenvalue weighted by molar-refractivity contribution is 0.0948. The zero-order chi connectivity index (χ0) is 19.6. The number of anilines is 1. The van der Waals surface area contributed by atoms with Gasteiger partial charge in [0.2, 0.25) is 0 Å². The molecule has 3 rings (SSSR count). The fraction of sp³-hybridized carbons (Fsp3) is 0.238. The first-order valence-electron chi connectivity index (χ1n) is 8.73. The highest BCUT2D eigenvalue weighted by molar-refractivity contribution is 7.20. The van der Waals surface area contributed by atoms with Crippen LogP contribution in [-0.2, 0) is 0 Å². The largest absolute Gasteiger partial charge is 0.352 e. The highest BCUT2D eigenvalue weighted by Gasteiger charge is 2.14. The van der Waals surface area contributed by atoms with Crippen LogP contribution in [0.1, 0.15) is 39.4 Å². The van der Waals surface area contributed by atoms with Crippen LogP contribution in [0.25, 0.3) is 10.1 Å². The predicted molar refractivity (Wildman–Crippen MR) is 108 cm³/mol. The summed E-state index contributed by atoms with van der Waals surface area (Å²) >= 11 is 1.25. The number of halogens is 1. The third-order valence-electron chi connectivity index (χ3n) is 4.14. The molecular formula is C21H21FN2O2S. The van der Waals surface area contributed by atoms with Crippen molar-refractivity contribution in [2.24, 2.45) is 5.92 Å². The topological polar surface area (TPSA) is 58.2 Å². The van der Waals surface area contributed by atoms with Crippen LogP contribution in [-0.4, -0.2) is 18.4 Å². The van der Waals surface area contributed by atoms with Crippen LogP contribution in [0.2, 0.25) is 0 Å². The van der Waals surface area contributed by atoms with E-state index in [-0.39, 0.29) is 17.6 Å². The van der Waals surface area contributed by atoms with Gasteiger partial charge in [-0.1, -0.05) is 19.9 Å². The van der Waals surface area contributed by atoms with Crippen molar-refractivity contribution in [3.63, 3.8) is 0 Å². The molecule has 2 N–H and O–H groups in total. The quantitative estimate of drug-likeness (QED) is 0.651. The van der Waals surface area contributed by atoms with Gasteiger partial charge in [-0.2, -0.15) is 0 Å². The van der Waals surface area contributed by atoms with Crippen LogP contribution >= 0.6 is 11.3 Å². The van der Waals surface area contributed by atoms with E-state index in [1.807, 2.05) is 20.8 Å². The number of hydrogen-bond acceptors (Lipinski definition) is 3. The number of amides is 2. The number of fused-ring (bicyclic) bond motifs is 1. The number of rotatable bonds is 5. The Bertz CT molecular complexity index is 1010. The van der Waals surface area contributed by atoms with Gasteiger partial charge < -0.3 is 10.6 Å². The van der Waals surface area contributed by atoms with E-state index in [9.17, 15) is 14.0 Å². The van der Waals surface area contributed by atoms with Gasteiger partial charge in [0.15, 0.2) is 0 Å². The number of aryl methyl sites for hydroxylation is 1. The molecule has 0 saturated carbocycles. The number of benzene rings is 2. The molecule has 0 aliphatic heterocycles. The maximum atomic E-state index is 13.8. The molecule has 0 spiro atoms. The van der Waals surface area contributed by atoms with Gasteiger partial charge in [-0.25, -0.2) is 4.39 Å². The van der Waals surface area contributed by atoms with Crippen LogP contribution in [0.3, 0.4) is 0 Å². The first-order chi connectivity index (χ1) is 12.8. The van der Waals surface area contributed by atoms with Gasteiger partial charge >= 0.3 is 0 Å². The monoisotopic (exact) mass is 384 g/mol. The van der Waals surface area contributed by atoms with Crippen LogP contribution in [0.5, 0.6) is 0 Å². The Morgan fingerprint density at radius 1 is 1.11 bits per heavy atom. The normalized spacial score (nSPS) is 11.0. The highest BCUT2D eigenvalue weighted by Crippen LogP contribution is 2.28. The number of carbonyl (C=O) groups is 2. The summed E-state index contributed by atoms with van der Waals surface area (Å²) < 4.78 is 14.6. The van der Waals surface area contributed by atoms with Crippen LogP contribution in [0.15, 0.2) is 42.5 Å². The first-order valence-corrected chi connectivity index (χ1v) is 9.55. The molecule has 0 aliphatic rings. The molecule has 3 aromatic rings. The number of nitrogens with one attached hydrogen (secondary N) is 2. The molecule has 0 bridgehead atoms. The summed E-state index contributed by atoms with van der Waals surface area (Å²) in [5, 5.41) is 6.16. The van der Waals surface area contributed by atoms with Gasteiger partial charge in [0.05, 0.1) is 4.88 Å². The molecular weight excluding hydrogens is 363 g/mol. The molecule has 1 heterocycles. The molecule has 2 aromatic carbocycles. The second-order valence-electron chi connectivity index (χ2n) is 6.85. The smallest absolute Gasteiger partial charge is 0.265 e. The minimum absolute atomic E-state index is 0.135. The van der Waals surface area contributed by atoms with Crippen molar-refractivity contribution in [3.05, 3.63) is 64.3 Å². The summed E-state index contributed by atoms with van der Waals surface area (Å²) in [5.74, 6) is -0.393. The Labute approximate surface area is 161 Å². The molecule has 4 nitrogen and oxygen atoms in total. The van der Waals surface area contributed by atoms with E-state index >= 15 is 0 Å². The lowest BCUT2D eigenvalue weighted by atomic mass is 10.1. The molecule has 0 fully saturated rings. The Morgan fingerprint density at radius 2 is 1.89 bits per heavy atom. The fourth-order valence-corrected chi connectivity index (χ4v) is 3.64. The first kappa shape index (κ1) is 19.0. The minimum atomic E-state index is -0.337. The van der Waals surface area contributed by atoms with Crippen molar-refractivity contribution in [1.82, 2.24) is 5.32 Å².